The van der Waals surface area contributed by atoms with E-state index in [2.05, 4.69) is 0 Å². The summed E-state index contributed by atoms with van der Waals surface area (Å²) in [6.45, 7) is 3.63. The highest BCUT2D eigenvalue weighted by molar-refractivity contribution is 5.20. The molecule has 1 N–H and O–H groups in total. The first kappa shape index (κ1) is 13.1. The Balaban J connectivity index is 2.81. The third-order valence-electron chi connectivity index (χ3n) is 2.57. The molecule has 0 heterocycles. The van der Waals surface area contributed by atoms with E-state index >= 15 is 0 Å². The second-order valence-electron chi connectivity index (χ2n) is 4.36. The molecule has 90 valence electrons. The Morgan fingerprint density at radius 3 is 2.44 bits per heavy atom. The Morgan fingerprint density at radius 1 is 1.31 bits per heavy atom. The molecule has 0 amide bonds. The van der Waals surface area contributed by atoms with Crippen molar-refractivity contribution >= 4 is 0 Å². The maximum atomic E-state index is 12.9. The van der Waals surface area contributed by atoms with Crippen LogP contribution >= 0.6 is 0 Å². The van der Waals surface area contributed by atoms with Crippen molar-refractivity contribution in [3.05, 3.63) is 35.4 Å². The summed E-state index contributed by atoms with van der Waals surface area (Å²) in [6, 6.07) is 3.38. The molecule has 0 bridgehead atoms. The van der Waals surface area contributed by atoms with Gasteiger partial charge in [0.1, 0.15) is 0 Å². The maximum absolute atomic E-state index is 12.9. The Hall–Kier alpha value is -1.00. The fourth-order valence-corrected chi connectivity index (χ4v) is 1.39. The van der Waals surface area contributed by atoms with Crippen molar-refractivity contribution < 1.29 is 18.6 Å². The smallest absolute Gasteiger partial charge is 0.159 e. The standard InChI is InChI=1S/C12H16F2O2/c1-12(2,16-3)7-11(15)8-4-5-9(13)10(14)6-8/h4-6,11,15H,7H2,1-3H3. The van der Waals surface area contributed by atoms with Gasteiger partial charge in [0.2, 0.25) is 0 Å². The van der Waals surface area contributed by atoms with E-state index in [1.165, 1.54) is 13.2 Å². The molecule has 16 heavy (non-hydrogen) atoms. The lowest BCUT2D eigenvalue weighted by atomic mass is 9.96. The summed E-state index contributed by atoms with van der Waals surface area (Å²) in [7, 11) is 1.54. The lowest BCUT2D eigenvalue weighted by Gasteiger charge is -2.26. The number of benzene rings is 1. The highest BCUT2D eigenvalue weighted by atomic mass is 19.2. The summed E-state index contributed by atoms with van der Waals surface area (Å²) in [5.74, 6) is -1.87. The second-order valence-corrected chi connectivity index (χ2v) is 4.36. The fraction of sp³-hybridized carbons (Fsp3) is 0.500. The molecule has 2 nitrogen and oxygen atoms in total. The molecule has 4 heteroatoms. The Labute approximate surface area is 93.9 Å². The molecule has 0 fully saturated rings. The van der Waals surface area contributed by atoms with Gasteiger partial charge in [0.05, 0.1) is 11.7 Å². The fourth-order valence-electron chi connectivity index (χ4n) is 1.39. The topological polar surface area (TPSA) is 29.5 Å². The van der Waals surface area contributed by atoms with E-state index in [0.717, 1.165) is 12.1 Å². The second kappa shape index (κ2) is 4.89. The molecule has 0 saturated heterocycles. The number of rotatable bonds is 4. The Kier molecular flexibility index (Phi) is 3.99. The van der Waals surface area contributed by atoms with E-state index in [4.69, 9.17) is 4.74 Å². The van der Waals surface area contributed by atoms with Crippen LogP contribution in [0.1, 0.15) is 31.9 Å². The van der Waals surface area contributed by atoms with E-state index in [1.54, 1.807) is 0 Å². The van der Waals surface area contributed by atoms with Crippen LogP contribution in [0.4, 0.5) is 8.78 Å². The highest BCUT2D eigenvalue weighted by Crippen LogP contribution is 2.26. The van der Waals surface area contributed by atoms with Crippen molar-refractivity contribution in [3.63, 3.8) is 0 Å². The van der Waals surface area contributed by atoms with Gasteiger partial charge in [0, 0.05) is 13.5 Å². The van der Waals surface area contributed by atoms with Crippen LogP contribution in [0.3, 0.4) is 0 Å². The van der Waals surface area contributed by atoms with Crippen molar-refractivity contribution in [1.29, 1.82) is 0 Å². The molecule has 0 spiro atoms. The van der Waals surface area contributed by atoms with Gasteiger partial charge >= 0.3 is 0 Å². The molecule has 1 rings (SSSR count). The van der Waals surface area contributed by atoms with Crippen molar-refractivity contribution in [1.82, 2.24) is 0 Å². The van der Waals surface area contributed by atoms with Crippen LogP contribution in [0.25, 0.3) is 0 Å². The summed E-state index contributed by atoms with van der Waals surface area (Å²) in [5.41, 5.74) is -0.159. The molecule has 0 saturated carbocycles. The van der Waals surface area contributed by atoms with Crippen LogP contribution in [0.15, 0.2) is 18.2 Å². The number of hydrogen-bond acceptors (Lipinski definition) is 2. The van der Waals surface area contributed by atoms with Crippen LogP contribution in [0.5, 0.6) is 0 Å². The minimum Gasteiger partial charge on any atom is -0.388 e. The van der Waals surface area contributed by atoms with Gasteiger partial charge < -0.3 is 9.84 Å². The highest BCUT2D eigenvalue weighted by Gasteiger charge is 2.23. The Morgan fingerprint density at radius 2 is 1.94 bits per heavy atom. The van der Waals surface area contributed by atoms with Gasteiger partial charge in [-0.05, 0) is 31.5 Å². The molecule has 0 radical (unpaired) electrons. The number of ether oxygens (including phenoxy) is 1. The van der Waals surface area contributed by atoms with E-state index in [0.29, 0.717) is 12.0 Å². The lowest BCUT2D eigenvalue weighted by Crippen LogP contribution is -2.25. The van der Waals surface area contributed by atoms with Gasteiger partial charge in [-0.1, -0.05) is 6.07 Å². The van der Waals surface area contributed by atoms with Crippen molar-refractivity contribution in [2.45, 2.75) is 32.0 Å². The quantitative estimate of drug-likeness (QED) is 0.861. The van der Waals surface area contributed by atoms with E-state index in [-0.39, 0.29) is 0 Å². The van der Waals surface area contributed by atoms with Crippen LogP contribution in [0.2, 0.25) is 0 Å². The van der Waals surface area contributed by atoms with Gasteiger partial charge in [0.25, 0.3) is 0 Å². The monoisotopic (exact) mass is 230 g/mol. The predicted molar refractivity (Wildman–Crippen MR) is 57.0 cm³/mol. The zero-order chi connectivity index (χ0) is 12.3. The van der Waals surface area contributed by atoms with Gasteiger partial charge in [-0.15, -0.1) is 0 Å². The van der Waals surface area contributed by atoms with Crippen LogP contribution < -0.4 is 0 Å². The zero-order valence-corrected chi connectivity index (χ0v) is 9.63. The molecular weight excluding hydrogens is 214 g/mol. The van der Waals surface area contributed by atoms with Gasteiger partial charge in [-0.2, -0.15) is 0 Å². The average Bonchev–Trinajstić information content (AvgIpc) is 2.21. The third kappa shape index (κ3) is 3.25. The van der Waals surface area contributed by atoms with Gasteiger partial charge in [-0.25, -0.2) is 8.78 Å². The molecular formula is C12H16F2O2. The van der Waals surface area contributed by atoms with E-state index in [9.17, 15) is 13.9 Å². The molecule has 1 atom stereocenters. The number of methoxy groups -OCH3 is 1. The largest absolute Gasteiger partial charge is 0.388 e. The zero-order valence-electron chi connectivity index (χ0n) is 9.63. The van der Waals surface area contributed by atoms with E-state index < -0.39 is 23.3 Å². The van der Waals surface area contributed by atoms with Crippen molar-refractivity contribution in [2.75, 3.05) is 7.11 Å². The van der Waals surface area contributed by atoms with Crippen molar-refractivity contribution in [3.8, 4) is 0 Å². The molecule has 1 unspecified atom stereocenters. The number of hydrogen-bond donors (Lipinski definition) is 1. The maximum Gasteiger partial charge on any atom is 0.159 e. The summed E-state index contributed by atoms with van der Waals surface area (Å²) in [5, 5.41) is 9.83. The summed E-state index contributed by atoms with van der Waals surface area (Å²) in [4.78, 5) is 0. The SMILES string of the molecule is COC(C)(C)CC(O)c1ccc(F)c(F)c1. The van der Waals surface area contributed by atoms with Gasteiger partial charge in [0.15, 0.2) is 11.6 Å². The van der Waals surface area contributed by atoms with Crippen LogP contribution in [-0.4, -0.2) is 17.8 Å². The Bertz CT molecular complexity index is 364. The molecule has 0 aliphatic rings. The first-order valence-corrected chi connectivity index (χ1v) is 5.04. The minimum absolute atomic E-state index is 0.314. The summed E-state index contributed by atoms with van der Waals surface area (Å²) < 4.78 is 30.8. The molecule has 1 aromatic carbocycles. The summed E-state index contributed by atoms with van der Waals surface area (Å²) in [6.07, 6.45) is -0.556. The number of halogens is 2. The normalized spacial score (nSPS) is 13.9. The first-order valence-electron chi connectivity index (χ1n) is 5.04. The van der Waals surface area contributed by atoms with Crippen LogP contribution in [-0.2, 0) is 4.74 Å². The number of aliphatic hydroxyl groups is 1. The number of aliphatic hydroxyl groups excluding tert-OH is 1. The third-order valence-corrected chi connectivity index (χ3v) is 2.57. The van der Waals surface area contributed by atoms with Gasteiger partial charge in [-0.3, -0.25) is 0 Å². The minimum atomic E-state index is -0.952. The van der Waals surface area contributed by atoms with Crippen LogP contribution in [0, 0.1) is 11.6 Å². The lowest BCUT2D eigenvalue weighted by molar-refractivity contribution is -0.0201. The molecule has 0 aromatic heterocycles. The summed E-state index contributed by atoms with van der Waals surface area (Å²) >= 11 is 0. The molecule has 1 aromatic rings. The van der Waals surface area contributed by atoms with Crippen molar-refractivity contribution in [2.24, 2.45) is 0 Å². The van der Waals surface area contributed by atoms with E-state index in [1.807, 2.05) is 13.8 Å². The molecule has 0 aliphatic heterocycles. The first-order chi connectivity index (χ1) is 7.35. The predicted octanol–water partition coefficient (Wildman–Crippen LogP) is 2.81. The molecule has 0 aliphatic carbocycles. The average molecular weight is 230 g/mol.